The minimum Gasteiger partial charge on any atom is -0.406 e. The van der Waals surface area contributed by atoms with Crippen LogP contribution in [-0.4, -0.2) is 17.2 Å². The van der Waals surface area contributed by atoms with Crippen molar-refractivity contribution >= 4 is 6.01 Å². The van der Waals surface area contributed by atoms with Crippen molar-refractivity contribution in [3.63, 3.8) is 0 Å². The van der Waals surface area contributed by atoms with Gasteiger partial charge in [-0.2, -0.15) is 0 Å². The maximum Gasteiger partial charge on any atom is 0.315 e. The number of halogens is 1. The molecular formula is C13H17FN4O. The van der Waals surface area contributed by atoms with Gasteiger partial charge in [0, 0.05) is 0 Å². The van der Waals surface area contributed by atoms with Gasteiger partial charge in [0.25, 0.3) is 0 Å². The molecular weight excluding hydrogens is 247 g/mol. The van der Waals surface area contributed by atoms with Crippen LogP contribution in [0.4, 0.5) is 10.4 Å². The molecule has 1 aromatic carbocycles. The van der Waals surface area contributed by atoms with E-state index in [1.807, 2.05) is 20.9 Å². The van der Waals surface area contributed by atoms with Crippen molar-refractivity contribution in [1.82, 2.24) is 15.5 Å². The highest BCUT2D eigenvalue weighted by molar-refractivity contribution is 5.28. The Kier molecular flexibility index (Phi) is 4.11. The van der Waals surface area contributed by atoms with Gasteiger partial charge in [-0.1, -0.05) is 17.2 Å². The number of hydrogen-bond acceptors (Lipinski definition) is 5. The Morgan fingerprint density at radius 3 is 2.42 bits per heavy atom. The van der Waals surface area contributed by atoms with Crippen LogP contribution in [0.25, 0.3) is 0 Å². The van der Waals surface area contributed by atoms with Crippen LogP contribution in [0.1, 0.15) is 37.4 Å². The van der Waals surface area contributed by atoms with E-state index in [9.17, 15) is 4.39 Å². The molecule has 0 fully saturated rings. The monoisotopic (exact) mass is 264 g/mol. The van der Waals surface area contributed by atoms with Crippen LogP contribution in [0, 0.1) is 5.82 Å². The van der Waals surface area contributed by atoms with E-state index in [2.05, 4.69) is 20.8 Å². The first-order valence-electron chi connectivity index (χ1n) is 6.13. The van der Waals surface area contributed by atoms with Crippen LogP contribution >= 0.6 is 0 Å². The maximum atomic E-state index is 12.8. The molecule has 19 heavy (non-hydrogen) atoms. The molecule has 2 rings (SSSR count). The molecule has 1 aromatic heterocycles. The summed E-state index contributed by atoms with van der Waals surface area (Å²) in [5.41, 5.74) is 0.947. The fraction of sp³-hybridized carbons (Fsp3) is 0.385. The Balaban J connectivity index is 2.04. The molecule has 0 aliphatic carbocycles. The molecule has 2 aromatic rings. The third kappa shape index (κ3) is 3.29. The van der Waals surface area contributed by atoms with Gasteiger partial charge in [-0.15, -0.1) is 5.10 Å². The molecule has 0 amide bonds. The van der Waals surface area contributed by atoms with Crippen molar-refractivity contribution in [2.24, 2.45) is 0 Å². The van der Waals surface area contributed by atoms with Gasteiger partial charge in [-0.3, -0.25) is 0 Å². The van der Waals surface area contributed by atoms with Crippen LogP contribution in [0.2, 0.25) is 0 Å². The first-order chi connectivity index (χ1) is 9.10. The largest absolute Gasteiger partial charge is 0.406 e. The van der Waals surface area contributed by atoms with E-state index in [0.29, 0.717) is 11.9 Å². The average molecular weight is 264 g/mol. The summed E-state index contributed by atoms with van der Waals surface area (Å²) < 4.78 is 18.3. The molecule has 6 heteroatoms. The number of nitrogens with zero attached hydrogens (tertiary/aromatic N) is 2. The standard InChI is InChI=1S/C13H17FN4O/c1-8(10-4-6-11(14)7-5-10)16-13-18-17-12(19-13)9(2)15-3/h4-9,15H,1-3H3,(H,16,18). The lowest BCUT2D eigenvalue weighted by molar-refractivity contribution is 0.439. The molecule has 2 atom stereocenters. The van der Waals surface area contributed by atoms with Gasteiger partial charge in [0.1, 0.15) is 5.82 Å². The molecule has 0 aliphatic heterocycles. The lowest BCUT2D eigenvalue weighted by Crippen LogP contribution is -2.12. The van der Waals surface area contributed by atoms with Gasteiger partial charge in [0.2, 0.25) is 5.89 Å². The zero-order valence-electron chi connectivity index (χ0n) is 11.1. The van der Waals surface area contributed by atoms with E-state index in [-0.39, 0.29) is 17.9 Å². The van der Waals surface area contributed by atoms with E-state index in [4.69, 9.17) is 4.42 Å². The number of aromatic nitrogens is 2. The smallest absolute Gasteiger partial charge is 0.315 e. The molecule has 2 unspecified atom stereocenters. The first kappa shape index (κ1) is 13.5. The highest BCUT2D eigenvalue weighted by Crippen LogP contribution is 2.20. The second kappa shape index (κ2) is 5.79. The first-order valence-corrected chi connectivity index (χ1v) is 6.13. The normalized spacial score (nSPS) is 14.1. The molecule has 0 radical (unpaired) electrons. The van der Waals surface area contributed by atoms with Crippen molar-refractivity contribution < 1.29 is 8.81 Å². The lowest BCUT2D eigenvalue weighted by atomic mass is 10.1. The van der Waals surface area contributed by atoms with Crippen molar-refractivity contribution in [1.29, 1.82) is 0 Å². The summed E-state index contributed by atoms with van der Waals surface area (Å²) in [6.45, 7) is 3.87. The van der Waals surface area contributed by atoms with E-state index >= 15 is 0 Å². The lowest BCUT2D eigenvalue weighted by Gasteiger charge is -2.12. The predicted molar refractivity (Wildman–Crippen MR) is 70.2 cm³/mol. The van der Waals surface area contributed by atoms with Gasteiger partial charge < -0.3 is 15.1 Å². The quantitative estimate of drug-likeness (QED) is 0.869. The third-order valence-corrected chi connectivity index (χ3v) is 2.95. The van der Waals surface area contributed by atoms with E-state index < -0.39 is 0 Å². The van der Waals surface area contributed by atoms with E-state index in [1.165, 1.54) is 12.1 Å². The van der Waals surface area contributed by atoms with Gasteiger partial charge >= 0.3 is 6.01 Å². The van der Waals surface area contributed by atoms with Gasteiger partial charge in [0.05, 0.1) is 12.1 Å². The second-order valence-corrected chi connectivity index (χ2v) is 4.37. The van der Waals surface area contributed by atoms with Gasteiger partial charge in [0.15, 0.2) is 0 Å². The predicted octanol–water partition coefficient (Wildman–Crippen LogP) is 2.66. The number of anilines is 1. The van der Waals surface area contributed by atoms with Crippen LogP contribution in [0.3, 0.4) is 0 Å². The van der Waals surface area contributed by atoms with E-state index in [0.717, 1.165) is 5.56 Å². The summed E-state index contributed by atoms with van der Waals surface area (Å²) in [4.78, 5) is 0. The zero-order chi connectivity index (χ0) is 13.8. The van der Waals surface area contributed by atoms with Crippen LogP contribution < -0.4 is 10.6 Å². The maximum absolute atomic E-state index is 12.8. The fourth-order valence-corrected chi connectivity index (χ4v) is 1.61. The summed E-state index contributed by atoms with van der Waals surface area (Å²) in [6.07, 6.45) is 0. The SMILES string of the molecule is CNC(C)c1nnc(NC(C)c2ccc(F)cc2)o1. The molecule has 0 bridgehead atoms. The molecule has 0 saturated carbocycles. The summed E-state index contributed by atoms with van der Waals surface area (Å²) >= 11 is 0. The van der Waals surface area contributed by atoms with Crippen LogP contribution in [0.5, 0.6) is 0 Å². The van der Waals surface area contributed by atoms with Crippen molar-refractivity contribution in [2.75, 3.05) is 12.4 Å². The minimum atomic E-state index is -0.251. The highest BCUT2D eigenvalue weighted by atomic mass is 19.1. The number of rotatable bonds is 5. The molecule has 102 valence electrons. The molecule has 1 heterocycles. The van der Waals surface area contributed by atoms with Crippen molar-refractivity contribution in [2.45, 2.75) is 25.9 Å². The number of hydrogen-bond donors (Lipinski definition) is 2. The topological polar surface area (TPSA) is 63.0 Å². The Labute approximate surface area is 111 Å². The summed E-state index contributed by atoms with van der Waals surface area (Å²) in [5, 5.41) is 14.0. The van der Waals surface area contributed by atoms with Gasteiger partial charge in [-0.05, 0) is 38.6 Å². The average Bonchev–Trinajstić information content (AvgIpc) is 2.87. The van der Waals surface area contributed by atoms with Gasteiger partial charge in [-0.25, -0.2) is 4.39 Å². The Morgan fingerprint density at radius 2 is 1.79 bits per heavy atom. The molecule has 5 nitrogen and oxygen atoms in total. The Hall–Kier alpha value is -1.95. The minimum absolute atomic E-state index is 0.00387. The third-order valence-electron chi connectivity index (χ3n) is 2.95. The fourth-order valence-electron chi connectivity index (χ4n) is 1.61. The highest BCUT2D eigenvalue weighted by Gasteiger charge is 2.14. The van der Waals surface area contributed by atoms with Crippen LogP contribution in [0.15, 0.2) is 28.7 Å². The Bertz CT molecular complexity index is 526. The van der Waals surface area contributed by atoms with Crippen LogP contribution in [-0.2, 0) is 0 Å². The number of nitrogens with one attached hydrogen (secondary N) is 2. The second-order valence-electron chi connectivity index (χ2n) is 4.37. The summed E-state index contributed by atoms with van der Waals surface area (Å²) in [5.74, 6) is 0.273. The Morgan fingerprint density at radius 1 is 1.11 bits per heavy atom. The van der Waals surface area contributed by atoms with Crippen molar-refractivity contribution in [3.05, 3.63) is 41.5 Å². The summed E-state index contributed by atoms with van der Waals surface area (Å²) in [6, 6.07) is 6.61. The molecule has 0 aliphatic rings. The number of benzene rings is 1. The van der Waals surface area contributed by atoms with Crippen molar-refractivity contribution in [3.8, 4) is 0 Å². The molecule has 0 saturated heterocycles. The zero-order valence-corrected chi connectivity index (χ0v) is 11.1. The molecule has 0 spiro atoms. The summed E-state index contributed by atoms with van der Waals surface area (Å²) in [7, 11) is 1.82. The van der Waals surface area contributed by atoms with E-state index in [1.54, 1.807) is 12.1 Å². The molecule has 2 N–H and O–H groups in total.